The van der Waals surface area contributed by atoms with E-state index in [1.807, 2.05) is 17.0 Å². The van der Waals surface area contributed by atoms with E-state index in [4.69, 9.17) is 14.6 Å². The van der Waals surface area contributed by atoms with Crippen LogP contribution in [0.25, 0.3) is 10.9 Å². The third kappa shape index (κ3) is 3.65. The maximum Gasteiger partial charge on any atom is 0.290 e. The molecule has 1 aromatic heterocycles. The molecule has 0 spiro atoms. The Kier molecular flexibility index (Phi) is 5.87. The molecule has 1 amide bonds. The molecule has 7 heteroatoms. The summed E-state index contributed by atoms with van der Waals surface area (Å²) in [4.78, 5) is 27.4. The number of para-hydroxylation sites is 1. The number of nitrogens with one attached hydrogen (secondary N) is 1. The van der Waals surface area contributed by atoms with E-state index in [0.29, 0.717) is 13.2 Å². The lowest BCUT2D eigenvalue weighted by Gasteiger charge is -2.37. The molecule has 0 radical (unpaired) electrons. The largest absolute Gasteiger partial charge is 0.483 e. The van der Waals surface area contributed by atoms with Crippen molar-refractivity contribution in [3.8, 4) is 0 Å². The summed E-state index contributed by atoms with van der Waals surface area (Å²) in [7, 11) is 0. The Labute approximate surface area is 169 Å². The Morgan fingerprint density at radius 2 is 2.07 bits per heavy atom. The van der Waals surface area contributed by atoms with Gasteiger partial charge in [-0.25, -0.2) is 0 Å². The van der Waals surface area contributed by atoms with Crippen LogP contribution in [-0.4, -0.2) is 64.4 Å². The zero-order valence-electron chi connectivity index (χ0n) is 16.5. The van der Waals surface area contributed by atoms with E-state index in [1.165, 1.54) is 29.5 Å². The van der Waals surface area contributed by atoms with Crippen molar-refractivity contribution in [2.24, 2.45) is 5.92 Å². The number of fused-ring (bicyclic) bond motifs is 4. The van der Waals surface area contributed by atoms with Crippen molar-refractivity contribution in [1.82, 2.24) is 9.88 Å². The van der Waals surface area contributed by atoms with Crippen LogP contribution in [0.4, 0.5) is 0 Å². The fraction of sp³-hybridized carbons (Fsp3) is 0.545. The molecular weight excluding hydrogens is 372 g/mol. The van der Waals surface area contributed by atoms with Gasteiger partial charge in [-0.15, -0.1) is 0 Å². The first-order valence-electron chi connectivity index (χ1n) is 10.4. The number of hydrogen-bond donors (Lipinski definition) is 3. The molecule has 2 aromatic rings. The summed E-state index contributed by atoms with van der Waals surface area (Å²) in [5, 5.41) is 17.6. The van der Waals surface area contributed by atoms with Crippen LogP contribution in [0.1, 0.15) is 47.3 Å². The van der Waals surface area contributed by atoms with Crippen LogP contribution in [0, 0.1) is 5.92 Å². The molecule has 1 aliphatic heterocycles. The average molecular weight is 400 g/mol. The van der Waals surface area contributed by atoms with Gasteiger partial charge in [0, 0.05) is 24.2 Å². The second kappa shape index (κ2) is 8.55. The number of nitrogens with zero attached hydrogens (tertiary/aromatic N) is 1. The lowest BCUT2D eigenvalue weighted by atomic mass is 9.95. The van der Waals surface area contributed by atoms with Crippen molar-refractivity contribution in [2.45, 2.75) is 50.7 Å². The van der Waals surface area contributed by atoms with Gasteiger partial charge < -0.3 is 24.8 Å². The molecular formula is C22H28N2O5. The Morgan fingerprint density at radius 1 is 1.28 bits per heavy atom. The van der Waals surface area contributed by atoms with Crippen molar-refractivity contribution in [3.05, 3.63) is 35.0 Å². The molecule has 1 saturated heterocycles. The molecule has 3 aliphatic rings. The van der Waals surface area contributed by atoms with Gasteiger partial charge in [0.25, 0.3) is 12.4 Å². The molecule has 3 N–H and O–H groups in total. The predicted molar refractivity (Wildman–Crippen MR) is 108 cm³/mol. The molecule has 29 heavy (non-hydrogen) atoms. The van der Waals surface area contributed by atoms with Crippen LogP contribution >= 0.6 is 0 Å². The number of aliphatic hydroxyl groups excluding tert-OH is 1. The van der Waals surface area contributed by atoms with Crippen LogP contribution in [0.3, 0.4) is 0 Å². The Balaban J connectivity index is 0.000000645. The van der Waals surface area contributed by atoms with Crippen molar-refractivity contribution in [1.29, 1.82) is 0 Å². The number of amides is 1. The fourth-order valence-electron chi connectivity index (χ4n) is 5.21. The maximum atomic E-state index is 13.5. The number of rotatable bonds is 2. The monoisotopic (exact) mass is 400 g/mol. The number of aromatic amines is 1. The van der Waals surface area contributed by atoms with Crippen molar-refractivity contribution >= 4 is 23.3 Å². The lowest BCUT2D eigenvalue weighted by molar-refractivity contribution is -0.122. The van der Waals surface area contributed by atoms with Gasteiger partial charge in [-0.2, -0.15) is 0 Å². The molecule has 0 bridgehead atoms. The van der Waals surface area contributed by atoms with Gasteiger partial charge in [-0.05, 0) is 56.1 Å². The van der Waals surface area contributed by atoms with Crippen LogP contribution in [0.2, 0.25) is 0 Å². The summed E-state index contributed by atoms with van der Waals surface area (Å²) in [6.07, 6.45) is 6.40. The summed E-state index contributed by atoms with van der Waals surface area (Å²) >= 11 is 0. The number of hydrogen-bond acceptors (Lipinski definition) is 4. The minimum atomic E-state index is -0.250. The third-order valence-electron chi connectivity index (χ3n) is 6.52. The Bertz CT molecular complexity index is 893. The van der Waals surface area contributed by atoms with Crippen molar-refractivity contribution in [3.63, 3.8) is 0 Å². The van der Waals surface area contributed by atoms with Crippen molar-refractivity contribution in [2.75, 3.05) is 19.8 Å². The summed E-state index contributed by atoms with van der Waals surface area (Å²) in [5.74, 6) is 0.345. The number of aliphatic hydroxyl groups is 1. The van der Waals surface area contributed by atoms with E-state index < -0.39 is 0 Å². The first-order chi connectivity index (χ1) is 14.2. The number of carbonyl (C=O) groups is 2. The zero-order valence-corrected chi connectivity index (χ0v) is 16.5. The normalized spacial score (nSPS) is 25.7. The molecule has 7 nitrogen and oxygen atoms in total. The molecule has 1 unspecified atom stereocenters. The maximum absolute atomic E-state index is 13.5. The topological polar surface area (TPSA) is 103 Å². The van der Waals surface area contributed by atoms with E-state index in [1.54, 1.807) is 0 Å². The zero-order chi connectivity index (χ0) is 20.4. The average Bonchev–Trinajstić information content (AvgIpc) is 3.34. The number of morpholine rings is 1. The Morgan fingerprint density at radius 3 is 2.86 bits per heavy atom. The molecule has 5 rings (SSSR count). The highest BCUT2D eigenvalue weighted by atomic mass is 16.5. The summed E-state index contributed by atoms with van der Waals surface area (Å²) < 4.78 is 5.89. The van der Waals surface area contributed by atoms with Gasteiger partial charge in [0.1, 0.15) is 0 Å². The molecule has 2 aliphatic carbocycles. The quantitative estimate of drug-likeness (QED) is 0.672. The smallest absolute Gasteiger partial charge is 0.290 e. The van der Waals surface area contributed by atoms with Gasteiger partial charge >= 0.3 is 0 Å². The second-order valence-electron chi connectivity index (χ2n) is 8.12. The van der Waals surface area contributed by atoms with E-state index in [-0.39, 0.29) is 37.0 Å². The minimum Gasteiger partial charge on any atom is -0.483 e. The lowest BCUT2D eigenvalue weighted by Crippen LogP contribution is -2.51. The van der Waals surface area contributed by atoms with Crippen LogP contribution in [0.5, 0.6) is 0 Å². The van der Waals surface area contributed by atoms with E-state index in [2.05, 4.69) is 11.1 Å². The molecule has 3 atom stereocenters. The number of carboxylic acid groups (broad SMARTS) is 1. The number of benzene rings is 1. The highest BCUT2D eigenvalue weighted by Crippen LogP contribution is 2.36. The summed E-state index contributed by atoms with van der Waals surface area (Å²) in [6, 6.07) is 6.21. The van der Waals surface area contributed by atoms with E-state index in [9.17, 15) is 9.90 Å². The predicted octanol–water partition coefficient (Wildman–Crippen LogP) is 2.36. The van der Waals surface area contributed by atoms with Gasteiger partial charge in [0.05, 0.1) is 29.8 Å². The standard InChI is InChI=1S/C21H26N2O3.CH2O2/c24-12-13-10-18-19(11-13)26-9-8-23(18)21(25)16-6-3-5-15-14-4-1-2-7-17(14)22-20(15)16;2-1-3/h3,5-6,13,18-19,22,24H,1-2,4,7-12H2;1H,(H,2,3)/t13-,18+,19?;/m1./s1. The van der Waals surface area contributed by atoms with Gasteiger partial charge in [0.2, 0.25) is 0 Å². The fourth-order valence-corrected chi connectivity index (χ4v) is 5.21. The molecule has 1 aromatic carbocycles. The first-order valence-corrected chi connectivity index (χ1v) is 10.4. The molecule has 2 fully saturated rings. The number of H-pyrrole nitrogens is 1. The van der Waals surface area contributed by atoms with E-state index in [0.717, 1.165) is 36.8 Å². The van der Waals surface area contributed by atoms with Crippen molar-refractivity contribution < 1.29 is 24.5 Å². The van der Waals surface area contributed by atoms with Crippen LogP contribution in [0.15, 0.2) is 18.2 Å². The first kappa shape index (κ1) is 19.9. The summed E-state index contributed by atoms with van der Waals surface area (Å²) in [5.41, 5.74) is 4.50. The second-order valence-corrected chi connectivity index (χ2v) is 8.12. The molecule has 2 heterocycles. The molecule has 1 saturated carbocycles. The highest BCUT2D eigenvalue weighted by molar-refractivity contribution is 6.07. The van der Waals surface area contributed by atoms with Gasteiger partial charge in [-0.1, -0.05) is 12.1 Å². The third-order valence-corrected chi connectivity index (χ3v) is 6.52. The van der Waals surface area contributed by atoms with Crippen LogP contribution < -0.4 is 0 Å². The number of carbonyl (C=O) groups excluding carboxylic acids is 1. The van der Waals surface area contributed by atoms with Gasteiger partial charge in [0.15, 0.2) is 0 Å². The number of aromatic nitrogens is 1. The highest BCUT2D eigenvalue weighted by Gasteiger charge is 2.43. The number of ether oxygens (including phenoxy) is 1. The molecule has 156 valence electrons. The number of aryl methyl sites for hydroxylation is 2. The van der Waals surface area contributed by atoms with Crippen LogP contribution in [-0.2, 0) is 22.4 Å². The minimum absolute atomic E-state index is 0.0703. The van der Waals surface area contributed by atoms with Gasteiger partial charge in [-0.3, -0.25) is 9.59 Å². The summed E-state index contributed by atoms with van der Waals surface area (Å²) in [6.45, 7) is 1.15. The van der Waals surface area contributed by atoms with E-state index >= 15 is 0 Å². The SMILES string of the molecule is O=C(c1cccc2c3c([nH]c12)CCCC3)N1CCOC2C[C@H](CO)C[C@@H]21.O=CO. The Hall–Kier alpha value is -2.38.